The third-order valence-corrected chi connectivity index (χ3v) is 6.76. The van der Waals surface area contributed by atoms with Crippen LogP contribution in [0.15, 0.2) is 23.7 Å². The lowest BCUT2D eigenvalue weighted by atomic mass is 9.62. The normalized spacial score (nSPS) is 35.4. The van der Waals surface area contributed by atoms with Gasteiger partial charge in [-0.2, -0.15) is 10.5 Å². The van der Waals surface area contributed by atoms with Crippen molar-refractivity contribution in [3.63, 3.8) is 0 Å². The fourth-order valence-electron chi connectivity index (χ4n) is 3.72. The molecular formula is C18H28N2O2Si2. The van der Waals surface area contributed by atoms with Crippen LogP contribution < -0.4 is 0 Å². The highest BCUT2D eigenvalue weighted by atomic mass is 28.4. The first kappa shape index (κ1) is 18.8. The molecule has 0 aromatic heterocycles. The smallest absolute Gasteiger partial charge is 0.241 e. The molecule has 0 amide bonds. The Hall–Kier alpha value is -1.51. The molecule has 2 aliphatic rings. The van der Waals surface area contributed by atoms with Crippen molar-refractivity contribution in [2.75, 3.05) is 0 Å². The Labute approximate surface area is 148 Å². The molecule has 0 saturated heterocycles. The molecule has 0 aromatic rings. The van der Waals surface area contributed by atoms with Gasteiger partial charge in [-0.05, 0) is 65.3 Å². The van der Waals surface area contributed by atoms with Gasteiger partial charge in [0, 0.05) is 0 Å². The van der Waals surface area contributed by atoms with Gasteiger partial charge in [0.25, 0.3) is 0 Å². The minimum Gasteiger partial charge on any atom is -0.547 e. The van der Waals surface area contributed by atoms with E-state index >= 15 is 0 Å². The van der Waals surface area contributed by atoms with E-state index in [4.69, 9.17) is 8.85 Å². The minimum atomic E-state index is -1.86. The van der Waals surface area contributed by atoms with Crippen molar-refractivity contribution in [2.24, 2.45) is 22.7 Å². The van der Waals surface area contributed by atoms with Crippen LogP contribution in [0.1, 0.15) is 13.8 Å². The molecular weight excluding hydrogens is 332 g/mol. The van der Waals surface area contributed by atoms with Gasteiger partial charge in [-0.15, -0.1) is 0 Å². The molecule has 2 aliphatic carbocycles. The van der Waals surface area contributed by atoms with Crippen molar-refractivity contribution in [3.05, 3.63) is 23.7 Å². The van der Waals surface area contributed by atoms with Gasteiger partial charge in [-0.3, -0.25) is 0 Å². The number of nitrogens with zero attached hydrogens (tertiary/aromatic N) is 2. The monoisotopic (exact) mass is 360 g/mol. The molecule has 0 bridgehead atoms. The SMILES string of the molecule is C[C@]12C(O[Si](C)(C)C)=C[C@H](C#N)[C@@]1(C)C(O[Si](C)(C)C)=C[C@@H]2C#N. The molecule has 0 fully saturated rings. The average molecular weight is 361 g/mol. The highest BCUT2D eigenvalue weighted by molar-refractivity contribution is 6.70. The van der Waals surface area contributed by atoms with Crippen molar-refractivity contribution in [1.29, 1.82) is 10.5 Å². The summed E-state index contributed by atoms with van der Waals surface area (Å²) in [6.07, 6.45) is 3.87. The summed E-state index contributed by atoms with van der Waals surface area (Å²) in [5, 5.41) is 19.6. The maximum absolute atomic E-state index is 9.79. The molecule has 6 heteroatoms. The first-order valence-electron chi connectivity index (χ1n) is 8.41. The van der Waals surface area contributed by atoms with Crippen LogP contribution in [-0.4, -0.2) is 16.6 Å². The van der Waals surface area contributed by atoms with Gasteiger partial charge in [0.05, 0.1) is 46.3 Å². The molecule has 0 saturated carbocycles. The van der Waals surface area contributed by atoms with E-state index in [2.05, 4.69) is 65.3 Å². The maximum atomic E-state index is 9.79. The van der Waals surface area contributed by atoms with Gasteiger partial charge < -0.3 is 8.85 Å². The van der Waals surface area contributed by atoms with E-state index < -0.39 is 27.5 Å². The number of nitriles is 2. The Morgan fingerprint density at radius 2 is 1.08 bits per heavy atom. The second-order valence-corrected chi connectivity index (χ2v) is 18.0. The van der Waals surface area contributed by atoms with Crippen molar-refractivity contribution in [3.8, 4) is 12.1 Å². The highest BCUT2D eigenvalue weighted by Gasteiger charge is 2.67. The topological polar surface area (TPSA) is 66.0 Å². The Bertz CT molecular complexity index is 628. The lowest BCUT2D eigenvalue weighted by molar-refractivity contribution is 0.0744. The molecule has 4 nitrogen and oxygen atoms in total. The third kappa shape index (κ3) is 2.72. The zero-order chi connectivity index (χ0) is 18.6. The average Bonchev–Trinajstić information content (AvgIpc) is 2.75. The van der Waals surface area contributed by atoms with E-state index in [9.17, 15) is 10.5 Å². The molecule has 130 valence electrons. The van der Waals surface area contributed by atoms with E-state index in [0.29, 0.717) is 0 Å². The molecule has 24 heavy (non-hydrogen) atoms. The van der Waals surface area contributed by atoms with Crippen molar-refractivity contribution in [2.45, 2.75) is 53.1 Å². The van der Waals surface area contributed by atoms with Crippen LogP contribution in [0.4, 0.5) is 0 Å². The lowest BCUT2D eigenvalue weighted by Gasteiger charge is -2.44. The largest absolute Gasteiger partial charge is 0.547 e. The second-order valence-electron chi connectivity index (χ2n) is 9.11. The Balaban J connectivity index is 2.58. The van der Waals surface area contributed by atoms with Gasteiger partial charge >= 0.3 is 0 Å². The minimum absolute atomic E-state index is 0.352. The first-order valence-corrected chi connectivity index (χ1v) is 15.2. The summed E-state index contributed by atoms with van der Waals surface area (Å²) in [6.45, 7) is 16.8. The molecule has 0 aromatic carbocycles. The van der Waals surface area contributed by atoms with Crippen molar-refractivity contribution >= 4 is 16.6 Å². The van der Waals surface area contributed by atoms with Gasteiger partial charge in [0.15, 0.2) is 0 Å². The molecule has 0 unspecified atom stereocenters. The van der Waals surface area contributed by atoms with Gasteiger partial charge in [0.2, 0.25) is 16.6 Å². The van der Waals surface area contributed by atoms with Gasteiger partial charge in [0.1, 0.15) is 0 Å². The van der Waals surface area contributed by atoms with Crippen LogP contribution >= 0.6 is 0 Å². The van der Waals surface area contributed by atoms with Crippen LogP contribution in [0.25, 0.3) is 0 Å². The molecule has 0 aliphatic heterocycles. The van der Waals surface area contributed by atoms with E-state index in [1.807, 2.05) is 12.2 Å². The Morgan fingerprint density at radius 3 is 1.29 bits per heavy atom. The van der Waals surface area contributed by atoms with E-state index in [1.54, 1.807) is 0 Å². The first-order chi connectivity index (χ1) is 10.8. The lowest BCUT2D eigenvalue weighted by Crippen LogP contribution is -2.44. The number of hydrogen-bond acceptors (Lipinski definition) is 4. The molecule has 0 N–H and O–H groups in total. The summed E-state index contributed by atoms with van der Waals surface area (Å²) in [5.74, 6) is 0.894. The molecule has 0 heterocycles. The summed E-state index contributed by atoms with van der Waals surface area (Å²) in [6, 6.07) is 4.84. The number of hydrogen-bond donors (Lipinski definition) is 0. The Kier molecular flexibility index (Phi) is 4.32. The summed E-state index contributed by atoms with van der Waals surface area (Å²) in [7, 11) is -3.72. The fraction of sp³-hybridized carbons (Fsp3) is 0.667. The van der Waals surface area contributed by atoms with E-state index in [1.165, 1.54) is 0 Å². The van der Waals surface area contributed by atoms with Gasteiger partial charge in [-0.1, -0.05) is 0 Å². The standard InChI is InChI=1S/C18H28N2O2Si2/c1-17-13(11-19)9-16(22-24(6,7)8)18(17,2)14(12-20)10-15(17)21-23(3,4)5/h9-10,13-14H,1-8H3/t13-,14-,17+,18+/m1/s1. The molecule has 2 rings (SSSR count). The third-order valence-electron chi connectivity index (χ3n) is 5.09. The Morgan fingerprint density at radius 1 is 0.792 bits per heavy atom. The fourth-order valence-corrected chi connectivity index (χ4v) is 5.60. The van der Waals surface area contributed by atoms with Gasteiger partial charge in [-0.25, -0.2) is 0 Å². The zero-order valence-corrected chi connectivity index (χ0v) is 18.0. The molecule has 4 atom stereocenters. The number of fused-ring (bicyclic) bond motifs is 1. The summed E-state index contributed by atoms with van der Waals surface area (Å²) in [5.41, 5.74) is -1.12. The summed E-state index contributed by atoms with van der Waals surface area (Å²) < 4.78 is 12.7. The predicted octanol–water partition coefficient (Wildman–Crippen LogP) is 4.78. The van der Waals surface area contributed by atoms with Crippen LogP contribution in [-0.2, 0) is 8.85 Å². The second kappa shape index (κ2) is 5.51. The predicted molar refractivity (Wildman–Crippen MR) is 99.4 cm³/mol. The van der Waals surface area contributed by atoms with Crippen LogP contribution in [0.5, 0.6) is 0 Å². The maximum Gasteiger partial charge on any atom is 0.241 e. The quantitative estimate of drug-likeness (QED) is 0.677. The van der Waals surface area contributed by atoms with E-state index in [0.717, 1.165) is 11.5 Å². The van der Waals surface area contributed by atoms with Crippen molar-refractivity contribution in [1.82, 2.24) is 0 Å². The number of allylic oxidation sites excluding steroid dienone is 4. The summed E-state index contributed by atoms with van der Waals surface area (Å²) in [4.78, 5) is 0. The highest BCUT2D eigenvalue weighted by Crippen LogP contribution is 2.67. The van der Waals surface area contributed by atoms with Crippen LogP contribution in [0.3, 0.4) is 0 Å². The zero-order valence-electron chi connectivity index (χ0n) is 16.0. The van der Waals surface area contributed by atoms with Crippen LogP contribution in [0.2, 0.25) is 39.3 Å². The van der Waals surface area contributed by atoms with Crippen molar-refractivity contribution < 1.29 is 8.85 Å². The van der Waals surface area contributed by atoms with E-state index in [-0.39, 0.29) is 11.8 Å². The molecule has 0 radical (unpaired) electrons. The summed E-state index contributed by atoms with van der Waals surface area (Å²) >= 11 is 0. The number of rotatable bonds is 4. The van der Waals surface area contributed by atoms with Crippen LogP contribution in [0, 0.1) is 45.3 Å². The molecule has 0 spiro atoms.